The molecule has 2 N–H and O–H groups in total. The summed E-state index contributed by atoms with van der Waals surface area (Å²) in [6, 6.07) is 3.98. The number of nitrogens with zero attached hydrogens (tertiary/aromatic N) is 2. The van der Waals surface area contributed by atoms with Crippen molar-refractivity contribution in [3.8, 4) is 11.5 Å². The van der Waals surface area contributed by atoms with Crippen molar-refractivity contribution in [2.24, 2.45) is 4.99 Å². The molecule has 27 heavy (non-hydrogen) atoms. The fourth-order valence-electron chi connectivity index (χ4n) is 2.84. The van der Waals surface area contributed by atoms with Crippen molar-refractivity contribution in [1.82, 2.24) is 15.8 Å². The quantitative estimate of drug-likeness (QED) is 0.324. The molecule has 2 heterocycles. The van der Waals surface area contributed by atoms with Gasteiger partial charge in [0.25, 0.3) is 0 Å². The van der Waals surface area contributed by atoms with Gasteiger partial charge in [-0.05, 0) is 40.0 Å². The third kappa shape index (κ3) is 5.07. The average molecular weight is 551 g/mol. The monoisotopic (exact) mass is 550 g/mol. The summed E-state index contributed by atoms with van der Waals surface area (Å²) in [5, 5.41) is 10.8. The van der Waals surface area contributed by atoms with E-state index in [4.69, 9.17) is 14.0 Å². The van der Waals surface area contributed by atoms with Crippen LogP contribution in [0.5, 0.6) is 11.5 Å². The predicted octanol–water partition coefficient (Wildman–Crippen LogP) is 3.77. The van der Waals surface area contributed by atoms with Gasteiger partial charge in [-0.15, -0.1) is 24.0 Å². The second-order valence-electron chi connectivity index (χ2n) is 5.83. The van der Waals surface area contributed by atoms with Gasteiger partial charge < -0.3 is 24.6 Å². The summed E-state index contributed by atoms with van der Waals surface area (Å²) in [6.45, 7) is 5.63. The van der Waals surface area contributed by atoms with E-state index in [1.54, 1.807) is 7.05 Å². The van der Waals surface area contributed by atoms with E-state index in [2.05, 4.69) is 50.6 Å². The standard InChI is InChI=1S/C18H23BrN4O3.HI/c1-4-14-12(15(5-2)26-23-14)9-22-18(20-3)21-8-11-6-13(19)17-16(7-11)24-10-25-17;/h6-7H,4-5,8-10H2,1-3H3,(H2,20,21,22);1H. The molecule has 0 atom stereocenters. The normalized spacial score (nSPS) is 12.7. The summed E-state index contributed by atoms with van der Waals surface area (Å²) in [5.41, 5.74) is 3.17. The van der Waals surface area contributed by atoms with Crippen LogP contribution in [0.4, 0.5) is 0 Å². The van der Waals surface area contributed by atoms with Crippen LogP contribution in [-0.4, -0.2) is 25.0 Å². The molecule has 0 unspecified atom stereocenters. The highest BCUT2D eigenvalue weighted by Gasteiger charge is 2.18. The van der Waals surface area contributed by atoms with Crippen LogP contribution < -0.4 is 20.1 Å². The summed E-state index contributed by atoms with van der Waals surface area (Å²) in [4.78, 5) is 4.28. The Morgan fingerprint density at radius 2 is 1.96 bits per heavy atom. The Balaban J connectivity index is 0.00000261. The number of hydrogen-bond acceptors (Lipinski definition) is 5. The highest BCUT2D eigenvalue weighted by atomic mass is 127. The Hall–Kier alpha value is -1.49. The van der Waals surface area contributed by atoms with Crippen LogP contribution in [0.1, 0.15) is 36.4 Å². The van der Waals surface area contributed by atoms with Crippen molar-refractivity contribution in [1.29, 1.82) is 0 Å². The smallest absolute Gasteiger partial charge is 0.231 e. The first-order valence-electron chi connectivity index (χ1n) is 8.65. The second kappa shape index (κ2) is 10.2. The van der Waals surface area contributed by atoms with Crippen molar-refractivity contribution in [2.75, 3.05) is 13.8 Å². The van der Waals surface area contributed by atoms with Crippen molar-refractivity contribution in [2.45, 2.75) is 39.8 Å². The highest BCUT2D eigenvalue weighted by molar-refractivity contribution is 14.0. The second-order valence-corrected chi connectivity index (χ2v) is 6.68. The van der Waals surface area contributed by atoms with Gasteiger partial charge in [-0.2, -0.15) is 0 Å². The summed E-state index contributed by atoms with van der Waals surface area (Å²) >= 11 is 3.51. The maximum Gasteiger partial charge on any atom is 0.231 e. The van der Waals surface area contributed by atoms with Gasteiger partial charge in [-0.3, -0.25) is 4.99 Å². The molecule has 1 aromatic carbocycles. The summed E-state index contributed by atoms with van der Waals surface area (Å²) in [6.07, 6.45) is 1.67. The minimum atomic E-state index is 0. The lowest BCUT2D eigenvalue weighted by Gasteiger charge is -2.13. The third-order valence-electron chi connectivity index (χ3n) is 4.21. The van der Waals surface area contributed by atoms with Crippen LogP contribution in [0.25, 0.3) is 0 Å². The molecule has 0 bridgehead atoms. The van der Waals surface area contributed by atoms with Gasteiger partial charge >= 0.3 is 0 Å². The van der Waals surface area contributed by atoms with Crippen LogP contribution in [0.2, 0.25) is 0 Å². The van der Waals surface area contributed by atoms with Crippen LogP contribution >= 0.6 is 39.9 Å². The van der Waals surface area contributed by atoms with Gasteiger partial charge in [0.05, 0.1) is 10.2 Å². The number of fused-ring (bicyclic) bond motifs is 1. The van der Waals surface area contributed by atoms with E-state index in [0.717, 1.165) is 51.4 Å². The molecule has 2 aromatic rings. The molecule has 1 aliphatic heterocycles. The van der Waals surface area contributed by atoms with E-state index in [9.17, 15) is 0 Å². The van der Waals surface area contributed by atoms with Gasteiger partial charge in [-0.25, -0.2) is 0 Å². The van der Waals surface area contributed by atoms with Crippen molar-refractivity contribution < 1.29 is 14.0 Å². The zero-order chi connectivity index (χ0) is 18.5. The molecule has 0 spiro atoms. The SMILES string of the molecule is CCc1noc(CC)c1CNC(=NC)NCc1cc(Br)c2c(c1)OCO2.I. The van der Waals surface area contributed by atoms with Gasteiger partial charge in [0.2, 0.25) is 6.79 Å². The van der Waals surface area contributed by atoms with Crippen molar-refractivity contribution in [3.05, 3.63) is 39.2 Å². The number of hydrogen-bond donors (Lipinski definition) is 2. The fraction of sp³-hybridized carbons (Fsp3) is 0.444. The lowest BCUT2D eigenvalue weighted by atomic mass is 10.1. The summed E-state index contributed by atoms with van der Waals surface area (Å²) in [7, 11) is 1.75. The van der Waals surface area contributed by atoms with E-state index in [1.807, 2.05) is 12.1 Å². The molecule has 0 saturated carbocycles. The highest BCUT2D eigenvalue weighted by Crippen LogP contribution is 2.39. The first kappa shape index (κ1) is 21.8. The van der Waals surface area contributed by atoms with Crippen molar-refractivity contribution >= 4 is 45.9 Å². The van der Waals surface area contributed by atoms with E-state index in [1.165, 1.54) is 0 Å². The molecular formula is C18H24BrIN4O3. The Bertz CT molecular complexity index is 789. The largest absolute Gasteiger partial charge is 0.454 e. The molecule has 1 aromatic heterocycles. The topological polar surface area (TPSA) is 80.9 Å². The zero-order valence-electron chi connectivity index (χ0n) is 15.6. The Labute approximate surface area is 184 Å². The number of nitrogens with one attached hydrogen (secondary N) is 2. The molecule has 0 saturated heterocycles. The predicted molar refractivity (Wildman–Crippen MR) is 118 cm³/mol. The molecule has 0 aliphatic carbocycles. The Kier molecular flexibility index (Phi) is 8.21. The Morgan fingerprint density at radius 1 is 1.19 bits per heavy atom. The molecule has 3 rings (SSSR count). The molecule has 9 heteroatoms. The minimum absolute atomic E-state index is 0. The van der Waals surface area contributed by atoms with Crippen LogP contribution in [0.3, 0.4) is 0 Å². The van der Waals surface area contributed by atoms with Gasteiger partial charge in [0.1, 0.15) is 5.76 Å². The number of guanidine groups is 1. The number of benzene rings is 1. The number of aliphatic imine (C=N–C) groups is 1. The number of rotatable bonds is 6. The summed E-state index contributed by atoms with van der Waals surface area (Å²) < 4.78 is 17.2. The van der Waals surface area contributed by atoms with Gasteiger partial charge in [-0.1, -0.05) is 19.0 Å². The van der Waals surface area contributed by atoms with Crippen LogP contribution in [0, 0.1) is 0 Å². The number of halogens is 2. The number of ether oxygens (including phenoxy) is 2. The van der Waals surface area contributed by atoms with Gasteiger partial charge in [0.15, 0.2) is 17.5 Å². The lowest BCUT2D eigenvalue weighted by Crippen LogP contribution is -2.36. The molecule has 1 aliphatic rings. The van der Waals surface area contributed by atoms with Crippen LogP contribution in [0.15, 0.2) is 26.1 Å². The minimum Gasteiger partial charge on any atom is -0.454 e. The first-order valence-corrected chi connectivity index (χ1v) is 9.44. The average Bonchev–Trinajstić information content (AvgIpc) is 3.28. The maximum atomic E-state index is 5.46. The Morgan fingerprint density at radius 3 is 2.67 bits per heavy atom. The van der Waals surface area contributed by atoms with Crippen LogP contribution in [-0.2, 0) is 25.9 Å². The zero-order valence-corrected chi connectivity index (χ0v) is 19.5. The number of aromatic nitrogens is 1. The molecule has 148 valence electrons. The van der Waals surface area contributed by atoms with E-state index in [0.29, 0.717) is 19.0 Å². The maximum absolute atomic E-state index is 5.46. The lowest BCUT2D eigenvalue weighted by molar-refractivity contribution is 0.173. The number of aryl methyl sites for hydroxylation is 2. The van der Waals surface area contributed by atoms with Crippen molar-refractivity contribution in [3.63, 3.8) is 0 Å². The van der Waals surface area contributed by atoms with E-state index >= 15 is 0 Å². The van der Waals surface area contributed by atoms with E-state index < -0.39 is 0 Å². The first-order chi connectivity index (χ1) is 12.7. The van der Waals surface area contributed by atoms with E-state index in [-0.39, 0.29) is 30.8 Å². The molecular weight excluding hydrogens is 527 g/mol. The molecule has 0 amide bonds. The summed E-state index contributed by atoms with van der Waals surface area (Å²) in [5.74, 6) is 3.14. The van der Waals surface area contributed by atoms with Gasteiger partial charge in [0, 0.05) is 32.1 Å². The fourth-order valence-corrected chi connectivity index (χ4v) is 3.44. The molecule has 7 nitrogen and oxygen atoms in total. The molecule has 0 radical (unpaired) electrons. The third-order valence-corrected chi connectivity index (χ3v) is 4.80. The molecule has 0 fully saturated rings.